The number of rotatable bonds is 10. The van der Waals surface area contributed by atoms with Crippen LogP contribution in [0.2, 0.25) is 0 Å². The van der Waals surface area contributed by atoms with Crippen molar-refractivity contribution in [2.75, 3.05) is 4.90 Å². The zero-order chi connectivity index (χ0) is 49.8. The molecule has 0 amide bonds. The van der Waals surface area contributed by atoms with Gasteiger partial charge in [-0.3, -0.25) is 0 Å². The van der Waals surface area contributed by atoms with Crippen molar-refractivity contribution >= 4 is 17.1 Å². The third-order valence-corrected chi connectivity index (χ3v) is 16.0. The predicted octanol–water partition coefficient (Wildman–Crippen LogP) is 18.9. The van der Waals surface area contributed by atoms with Gasteiger partial charge in [0.1, 0.15) is 0 Å². The minimum absolute atomic E-state index is 0.486. The SMILES string of the molecule is c1ccc(-c2cc(-c3ccccc3)cc(N(c3ccc(-c4ccc5c(c4)C(c4ccccc4)(c4ccccc4)c4ccccc4-5)cc3)c3cccc4c3-c3ccccc3C4(c3ccccc3)c3ccccc3)c2)cc1. The molecule has 0 unspecified atom stereocenters. The molecule has 14 rings (SSSR count). The van der Waals surface area contributed by atoms with E-state index in [1.807, 2.05) is 0 Å². The van der Waals surface area contributed by atoms with Crippen LogP contribution >= 0.6 is 0 Å². The molecule has 0 aromatic heterocycles. The third kappa shape index (κ3) is 7.00. The Bertz CT molecular complexity index is 3880. The van der Waals surface area contributed by atoms with Gasteiger partial charge >= 0.3 is 0 Å². The number of nitrogens with zero attached hydrogens (tertiary/aromatic N) is 1. The van der Waals surface area contributed by atoms with Gasteiger partial charge in [-0.05, 0) is 137 Å². The molecule has 0 heterocycles. The van der Waals surface area contributed by atoms with Crippen LogP contribution in [-0.4, -0.2) is 0 Å². The first kappa shape index (κ1) is 44.2. The molecule has 0 atom stereocenters. The summed E-state index contributed by atoms with van der Waals surface area (Å²) in [5.41, 5.74) is 24.4. The Morgan fingerprint density at radius 2 is 0.600 bits per heavy atom. The average Bonchev–Trinajstić information content (AvgIpc) is 4.10. The van der Waals surface area contributed by atoms with Crippen molar-refractivity contribution in [3.8, 4) is 55.6 Å². The van der Waals surface area contributed by atoms with E-state index in [0.29, 0.717) is 0 Å². The van der Waals surface area contributed by atoms with E-state index in [2.05, 4.69) is 314 Å². The van der Waals surface area contributed by atoms with Crippen LogP contribution in [-0.2, 0) is 10.8 Å². The van der Waals surface area contributed by atoms with Crippen molar-refractivity contribution in [2.24, 2.45) is 0 Å². The lowest BCUT2D eigenvalue weighted by atomic mass is 9.67. The molecule has 0 aliphatic heterocycles. The summed E-state index contributed by atoms with van der Waals surface area (Å²) in [7, 11) is 0. The van der Waals surface area contributed by atoms with Gasteiger partial charge in [-0.25, -0.2) is 0 Å². The standard InChI is InChI=1S/C74H51N/c1-7-24-52(25-8-1)56-48-57(53-26-9-2-10-27-53)50-63(49-56)75(71-41-23-40-69-72(71)66-37-20-22-39-68(66)73(69,58-28-11-3-12-29-58)59-30-13-4-14-31-59)62-45-42-54(43-46-62)55-44-47-65-64-36-19-21-38-67(64)74(70(65)51-55,60-32-15-5-16-33-60)61-34-17-6-18-35-61/h1-51H. The molecule has 2 aliphatic rings. The Labute approximate surface area is 440 Å². The maximum absolute atomic E-state index is 2.51. The van der Waals surface area contributed by atoms with E-state index in [-0.39, 0.29) is 0 Å². The minimum Gasteiger partial charge on any atom is -0.310 e. The van der Waals surface area contributed by atoms with Crippen LogP contribution in [0.1, 0.15) is 44.5 Å². The quantitative estimate of drug-likeness (QED) is 0.132. The lowest BCUT2D eigenvalue weighted by molar-refractivity contribution is 0.768. The largest absolute Gasteiger partial charge is 0.310 e. The fourth-order valence-corrected chi connectivity index (χ4v) is 12.8. The molecule has 75 heavy (non-hydrogen) atoms. The lowest BCUT2D eigenvalue weighted by Crippen LogP contribution is -2.28. The van der Waals surface area contributed by atoms with E-state index < -0.39 is 10.8 Å². The number of hydrogen-bond acceptors (Lipinski definition) is 1. The summed E-state index contributed by atoms with van der Waals surface area (Å²) in [6.07, 6.45) is 0. The lowest BCUT2D eigenvalue weighted by Gasteiger charge is -2.34. The molecule has 0 spiro atoms. The highest BCUT2D eigenvalue weighted by Gasteiger charge is 2.48. The molecule has 0 saturated carbocycles. The Morgan fingerprint density at radius 3 is 1.12 bits per heavy atom. The van der Waals surface area contributed by atoms with Gasteiger partial charge in [0.15, 0.2) is 0 Å². The highest BCUT2D eigenvalue weighted by atomic mass is 15.1. The summed E-state index contributed by atoms with van der Waals surface area (Å²) >= 11 is 0. The first-order chi connectivity index (χ1) is 37.2. The van der Waals surface area contributed by atoms with Gasteiger partial charge in [-0.2, -0.15) is 0 Å². The molecule has 0 N–H and O–H groups in total. The maximum atomic E-state index is 2.51. The van der Waals surface area contributed by atoms with Crippen molar-refractivity contribution in [2.45, 2.75) is 10.8 Å². The minimum atomic E-state index is -0.553. The highest BCUT2D eigenvalue weighted by Crippen LogP contribution is 2.60. The molecule has 1 heteroatoms. The summed E-state index contributed by atoms with van der Waals surface area (Å²) in [6, 6.07) is 115. The molecule has 12 aromatic carbocycles. The summed E-state index contributed by atoms with van der Waals surface area (Å²) in [6.45, 7) is 0. The third-order valence-electron chi connectivity index (χ3n) is 16.0. The number of fused-ring (bicyclic) bond motifs is 6. The normalized spacial score (nSPS) is 13.3. The van der Waals surface area contributed by atoms with Gasteiger partial charge in [0.2, 0.25) is 0 Å². The zero-order valence-electron chi connectivity index (χ0n) is 41.4. The molecule has 2 aliphatic carbocycles. The van der Waals surface area contributed by atoms with Crippen molar-refractivity contribution in [1.29, 1.82) is 0 Å². The zero-order valence-corrected chi connectivity index (χ0v) is 41.4. The number of benzene rings is 12. The fraction of sp³-hybridized carbons (Fsp3) is 0.0270. The first-order valence-corrected chi connectivity index (χ1v) is 26.1. The molecule has 0 bridgehead atoms. The first-order valence-electron chi connectivity index (χ1n) is 26.1. The van der Waals surface area contributed by atoms with Gasteiger partial charge in [-0.1, -0.05) is 267 Å². The van der Waals surface area contributed by atoms with Gasteiger partial charge in [0.05, 0.1) is 16.5 Å². The molecule has 0 fully saturated rings. The van der Waals surface area contributed by atoms with E-state index in [9.17, 15) is 0 Å². The Hall–Kier alpha value is -9.56. The van der Waals surface area contributed by atoms with Crippen LogP contribution in [0, 0.1) is 0 Å². The van der Waals surface area contributed by atoms with Crippen molar-refractivity contribution < 1.29 is 0 Å². The molecule has 0 radical (unpaired) electrons. The number of anilines is 3. The van der Waals surface area contributed by atoms with Crippen LogP contribution < -0.4 is 4.90 Å². The van der Waals surface area contributed by atoms with Crippen LogP contribution in [0.3, 0.4) is 0 Å². The second kappa shape index (κ2) is 18.2. The van der Waals surface area contributed by atoms with Gasteiger partial charge in [0.25, 0.3) is 0 Å². The summed E-state index contributed by atoms with van der Waals surface area (Å²) < 4.78 is 0. The van der Waals surface area contributed by atoms with E-state index in [1.165, 1.54) is 83.5 Å². The van der Waals surface area contributed by atoms with Crippen molar-refractivity contribution in [3.05, 3.63) is 354 Å². The fourth-order valence-electron chi connectivity index (χ4n) is 12.8. The molecular weight excluding hydrogens is 903 g/mol. The molecule has 1 nitrogen and oxygen atoms in total. The van der Waals surface area contributed by atoms with E-state index in [1.54, 1.807) is 0 Å². The van der Waals surface area contributed by atoms with Gasteiger partial charge in [-0.15, -0.1) is 0 Å². The summed E-state index contributed by atoms with van der Waals surface area (Å²) in [5, 5.41) is 0. The molecule has 12 aromatic rings. The smallest absolute Gasteiger partial charge is 0.0714 e. The van der Waals surface area contributed by atoms with Crippen LogP contribution in [0.25, 0.3) is 55.6 Å². The predicted molar refractivity (Wildman–Crippen MR) is 312 cm³/mol. The van der Waals surface area contributed by atoms with Crippen LogP contribution in [0.15, 0.2) is 309 Å². The number of hydrogen-bond donors (Lipinski definition) is 0. The monoisotopic (exact) mass is 953 g/mol. The highest BCUT2D eigenvalue weighted by molar-refractivity contribution is 5.99. The molecule has 0 saturated heterocycles. The summed E-state index contributed by atoms with van der Waals surface area (Å²) in [4.78, 5) is 2.51. The average molecular weight is 954 g/mol. The maximum Gasteiger partial charge on any atom is 0.0714 e. The Morgan fingerprint density at radius 1 is 0.213 bits per heavy atom. The Balaban J connectivity index is 0.994. The second-order valence-electron chi connectivity index (χ2n) is 19.9. The van der Waals surface area contributed by atoms with Crippen LogP contribution in [0.4, 0.5) is 17.1 Å². The molecule has 352 valence electrons. The van der Waals surface area contributed by atoms with Crippen LogP contribution in [0.5, 0.6) is 0 Å². The summed E-state index contributed by atoms with van der Waals surface area (Å²) in [5.74, 6) is 0. The van der Waals surface area contributed by atoms with Crippen molar-refractivity contribution in [1.82, 2.24) is 0 Å². The van der Waals surface area contributed by atoms with Gasteiger partial charge < -0.3 is 4.90 Å². The second-order valence-corrected chi connectivity index (χ2v) is 19.9. The van der Waals surface area contributed by atoms with E-state index in [0.717, 1.165) is 33.8 Å². The van der Waals surface area contributed by atoms with Crippen molar-refractivity contribution in [3.63, 3.8) is 0 Å². The van der Waals surface area contributed by atoms with Gasteiger partial charge in [0, 0.05) is 16.9 Å². The van der Waals surface area contributed by atoms with E-state index in [4.69, 9.17) is 0 Å². The molecular formula is C74H51N. The topological polar surface area (TPSA) is 3.24 Å². The Kier molecular flexibility index (Phi) is 10.7. The van der Waals surface area contributed by atoms with E-state index >= 15 is 0 Å².